The van der Waals surface area contributed by atoms with Crippen molar-refractivity contribution in [2.45, 2.75) is 59.8 Å². The van der Waals surface area contributed by atoms with Crippen LogP contribution in [0.4, 0.5) is 5.00 Å². The summed E-state index contributed by atoms with van der Waals surface area (Å²) < 4.78 is 0. The lowest BCUT2D eigenvalue weighted by Gasteiger charge is -2.29. The van der Waals surface area contributed by atoms with Crippen molar-refractivity contribution in [1.82, 2.24) is 0 Å². The van der Waals surface area contributed by atoms with Gasteiger partial charge in [-0.2, -0.15) is 5.26 Å². The van der Waals surface area contributed by atoms with Crippen LogP contribution in [-0.2, 0) is 9.59 Å². The molecule has 6 heteroatoms. The number of carboxylic acid groups (broad SMARTS) is 1. The highest BCUT2D eigenvalue weighted by molar-refractivity contribution is 7.17. The lowest BCUT2D eigenvalue weighted by molar-refractivity contribution is -0.146. The molecule has 0 unspecified atom stereocenters. The first-order valence-corrected chi connectivity index (χ1v) is 11.8. The van der Waals surface area contributed by atoms with E-state index in [0.29, 0.717) is 29.3 Å². The van der Waals surface area contributed by atoms with E-state index in [4.69, 9.17) is 0 Å². The number of hydrogen-bond acceptors (Lipinski definition) is 4. The number of rotatable bonds is 6. The first kappa shape index (κ1) is 23.7. The fourth-order valence-corrected chi connectivity index (χ4v) is 5.36. The highest BCUT2D eigenvalue weighted by Crippen LogP contribution is 2.41. The van der Waals surface area contributed by atoms with Crippen LogP contribution >= 0.6 is 11.3 Å². The topological polar surface area (TPSA) is 90.2 Å². The molecule has 1 aromatic heterocycles. The van der Waals surface area contributed by atoms with Gasteiger partial charge in [0.05, 0.1) is 17.4 Å². The quantitative estimate of drug-likeness (QED) is 0.492. The Hall–Kier alpha value is -2.91. The number of aliphatic carboxylic acids is 1. The molecule has 2 aromatic rings. The number of benzene rings is 1. The summed E-state index contributed by atoms with van der Waals surface area (Å²) in [5.74, 6) is -2.22. The number of hydrogen-bond donors (Lipinski definition) is 2. The molecule has 1 aliphatic carbocycles. The van der Waals surface area contributed by atoms with Gasteiger partial charge in [-0.15, -0.1) is 11.3 Å². The Bertz CT molecular complexity index is 1110. The van der Waals surface area contributed by atoms with E-state index in [1.165, 1.54) is 16.9 Å². The smallest absolute Gasteiger partial charge is 0.307 e. The normalized spacial score (nSPS) is 19.4. The number of anilines is 1. The van der Waals surface area contributed by atoms with E-state index in [1.807, 2.05) is 32.9 Å². The van der Waals surface area contributed by atoms with Gasteiger partial charge in [-0.25, -0.2) is 0 Å². The molecule has 5 nitrogen and oxygen atoms in total. The molecule has 0 spiro atoms. The SMILES string of the molecule is CC[C@@H](C)c1ccc(-c2c(C)sc(NC(=O)[C@H]3CC(C)=C(C)C[C@@H]3C(=O)O)c2C#N)cc1. The molecular weight excluding hydrogens is 420 g/mol. The minimum Gasteiger partial charge on any atom is -0.481 e. The van der Waals surface area contributed by atoms with Gasteiger partial charge >= 0.3 is 5.97 Å². The number of nitrogens with one attached hydrogen (secondary N) is 1. The molecule has 3 rings (SSSR count). The van der Waals surface area contributed by atoms with Crippen LogP contribution in [0.1, 0.15) is 68.9 Å². The van der Waals surface area contributed by atoms with Gasteiger partial charge in [0.1, 0.15) is 11.1 Å². The molecule has 1 heterocycles. The molecule has 0 fully saturated rings. The Morgan fingerprint density at radius 3 is 2.28 bits per heavy atom. The zero-order valence-electron chi connectivity index (χ0n) is 19.3. The van der Waals surface area contributed by atoms with E-state index in [9.17, 15) is 20.0 Å². The van der Waals surface area contributed by atoms with E-state index in [2.05, 4.69) is 37.4 Å². The molecule has 0 radical (unpaired) electrons. The van der Waals surface area contributed by atoms with Gasteiger partial charge in [0.2, 0.25) is 5.91 Å². The molecule has 0 saturated carbocycles. The van der Waals surface area contributed by atoms with Crippen LogP contribution in [0.5, 0.6) is 0 Å². The van der Waals surface area contributed by atoms with Gasteiger partial charge in [-0.3, -0.25) is 9.59 Å². The Morgan fingerprint density at radius 1 is 1.16 bits per heavy atom. The maximum atomic E-state index is 13.1. The molecule has 168 valence electrons. The lowest BCUT2D eigenvalue weighted by Crippen LogP contribution is -2.36. The minimum atomic E-state index is -0.957. The highest BCUT2D eigenvalue weighted by Gasteiger charge is 2.37. The molecule has 1 aromatic carbocycles. The average molecular weight is 451 g/mol. The van der Waals surface area contributed by atoms with Gasteiger partial charge < -0.3 is 10.4 Å². The summed E-state index contributed by atoms with van der Waals surface area (Å²) in [5.41, 5.74) is 5.56. The summed E-state index contributed by atoms with van der Waals surface area (Å²) in [6, 6.07) is 10.5. The van der Waals surface area contributed by atoms with Crippen molar-refractivity contribution >= 4 is 28.2 Å². The number of carbonyl (C=O) groups is 2. The maximum absolute atomic E-state index is 13.1. The average Bonchev–Trinajstić information content (AvgIpc) is 3.09. The Morgan fingerprint density at radius 2 is 1.75 bits per heavy atom. The fraction of sp³-hybridized carbons (Fsp3) is 0.423. The predicted octanol–water partition coefficient (Wildman–Crippen LogP) is 6.49. The number of carboxylic acids is 1. The van der Waals surface area contributed by atoms with E-state index in [1.54, 1.807) is 0 Å². The van der Waals surface area contributed by atoms with Crippen LogP contribution in [-0.4, -0.2) is 17.0 Å². The third-order valence-electron chi connectivity index (χ3n) is 6.73. The molecule has 0 bridgehead atoms. The van der Waals surface area contributed by atoms with Crippen LogP contribution in [0, 0.1) is 30.1 Å². The number of nitriles is 1. The second-order valence-electron chi connectivity index (χ2n) is 8.79. The highest BCUT2D eigenvalue weighted by atomic mass is 32.1. The van der Waals surface area contributed by atoms with Crippen molar-refractivity contribution in [3.8, 4) is 17.2 Å². The molecule has 32 heavy (non-hydrogen) atoms. The lowest BCUT2D eigenvalue weighted by atomic mass is 9.76. The van der Waals surface area contributed by atoms with Crippen molar-refractivity contribution in [2.75, 3.05) is 5.32 Å². The van der Waals surface area contributed by atoms with Crippen molar-refractivity contribution < 1.29 is 14.7 Å². The number of amides is 1. The first-order valence-electron chi connectivity index (χ1n) is 11.0. The van der Waals surface area contributed by atoms with E-state index in [-0.39, 0.29) is 5.91 Å². The van der Waals surface area contributed by atoms with E-state index < -0.39 is 17.8 Å². The third-order valence-corrected chi connectivity index (χ3v) is 7.75. The maximum Gasteiger partial charge on any atom is 0.307 e. The number of aryl methyl sites for hydroxylation is 1. The number of nitrogens with zero attached hydrogens (tertiary/aromatic N) is 1. The zero-order chi connectivity index (χ0) is 23.6. The summed E-state index contributed by atoms with van der Waals surface area (Å²) in [5, 5.41) is 22.9. The summed E-state index contributed by atoms with van der Waals surface area (Å²) in [4.78, 5) is 25.8. The van der Waals surface area contributed by atoms with Crippen LogP contribution in [0.25, 0.3) is 11.1 Å². The molecule has 2 N–H and O–H groups in total. The third kappa shape index (κ3) is 4.63. The van der Waals surface area contributed by atoms with Gasteiger partial charge in [-0.1, -0.05) is 49.3 Å². The first-order chi connectivity index (χ1) is 15.2. The van der Waals surface area contributed by atoms with Gasteiger partial charge in [-0.05, 0) is 57.1 Å². The van der Waals surface area contributed by atoms with E-state index in [0.717, 1.165) is 33.6 Å². The van der Waals surface area contributed by atoms with Gasteiger partial charge in [0.15, 0.2) is 0 Å². The zero-order valence-corrected chi connectivity index (χ0v) is 20.1. The minimum absolute atomic E-state index is 0.333. The van der Waals surface area contributed by atoms with E-state index >= 15 is 0 Å². The van der Waals surface area contributed by atoms with Crippen molar-refractivity contribution in [2.24, 2.45) is 11.8 Å². The summed E-state index contributed by atoms with van der Waals surface area (Å²) in [7, 11) is 0. The predicted molar refractivity (Wildman–Crippen MR) is 129 cm³/mol. The Labute approximate surface area is 193 Å². The molecule has 0 aliphatic heterocycles. The molecule has 1 aliphatic rings. The number of carbonyl (C=O) groups excluding carboxylic acids is 1. The van der Waals surface area contributed by atoms with Crippen molar-refractivity contribution in [1.29, 1.82) is 5.26 Å². The summed E-state index contributed by atoms with van der Waals surface area (Å²) in [6.45, 7) is 10.2. The van der Waals surface area contributed by atoms with Crippen LogP contribution in [0.3, 0.4) is 0 Å². The summed E-state index contributed by atoms with van der Waals surface area (Å²) in [6.07, 6.45) is 1.86. The fourth-order valence-electron chi connectivity index (χ4n) is 4.33. The van der Waals surface area contributed by atoms with Crippen molar-refractivity contribution in [3.05, 3.63) is 51.4 Å². The molecule has 0 saturated heterocycles. The monoisotopic (exact) mass is 450 g/mol. The number of allylic oxidation sites excluding steroid dienone is 2. The van der Waals surface area contributed by atoms with Gasteiger partial charge in [0.25, 0.3) is 0 Å². The Kier molecular flexibility index (Phi) is 7.20. The molecule has 3 atom stereocenters. The van der Waals surface area contributed by atoms with Crippen LogP contribution < -0.4 is 5.32 Å². The van der Waals surface area contributed by atoms with Crippen molar-refractivity contribution in [3.63, 3.8) is 0 Å². The van der Waals surface area contributed by atoms with Crippen LogP contribution in [0.15, 0.2) is 35.4 Å². The molecular formula is C26H30N2O3S. The number of thiophene rings is 1. The largest absolute Gasteiger partial charge is 0.481 e. The van der Waals surface area contributed by atoms with Crippen LogP contribution in [0.2, 0.25) is 0 Å². The van der Waals surface area contributed by atoms with Gasteiger partial charge in [0, 0.05) is 10.4 Å². The summed E-state index contributed by atoms with van der Waals surface area (Å²) >= 11 is 1.36. The standard InChI is InChI=1S/C26H30N2O3S/c1-6-14(2)18-7-9-19(10-8-18)23-17(5)32-25(22(23)13-27)28-24(29)20-11-15(3)16(4)12-21(20)26(30)31/h7-10,14,20-21H,6,11-12H2,1-5H3,(H,28,29)(H,30,31)/t14-,20+,21+/m1/s1. The Balaban J connectivity index is 1.91. The second-order valence-corrected chi connectivity index (χ2v) is 10.0. The second kappa shape index (κ2) is 9.70. The molecule has 1 amide bonds.